The maximum absolute atomic E-state index is 12.4. The Balaban J connectivity index is 2.52. The van der Waals surface area contributed by atoms with E-state index >= 15 is 0 Å². The predicted octanol–water partition coefficient (Wildman–Crippen LogP) is 1.28. The van der Waals surface area contributed by atoms with Crippen LogP contribution in [-0.2, 0) is 4.79 Å². The number of dihydropyridines is 1. The maximum Gasteiger partial charge on any atom is 0.417 e. The second kappa shape index (κ2) is 2.66. The van der Waals surface area contributed by atoms with Gasteiger partial charge in [0.2, 0.25) is 0 Å². The molecule has 2 heterocycles. The van der Waals surface area contributed by atoms with Gasteiger partial charge in [-0.3, -0.25) is 4.79 Å². The molecular formula is C7H4F3N3O. The van der Waals surface area contributed by atoms with Gasteiger partial charge in [-0.25, -0.2) is 0 Å². The van der Waals surface area contributed by atoms with Crippen LogP contribution in [-0.4, -0.2) is 18.2 Å². The quantitative estimate of drug-likeness (QED) is 0.644. The molecule has 0 saturated heterocycles. The zero-order valence-electron chi connectivity index (χ0n) is 6.67. The number of allylic oxidation sites excluding steroid dienone is 2. The highest BCUT2D eigenvalue weighted by molar-refractivity contribution is 5.98. The van der Waals surface area contributed by atoms with Gasteiger partial charge in [0.05, 0.1) is 11.1 Å². The Morgan fingerprint density at radius 2 is 2.14 bits per heavy atom. The summed E-state index contributed by atoms with van der Waals surface area (Å²) < 4.78 is 37.1. The highest BCUT2D eigenvalue weighted by Crippen LogP contribution is 2.34. The minimum Gasteiger partial charge on any atom is -0.364 e. The normalized spacial score (nSPS) is 25.4. The third-order valence-corrected chi connectivity index (χ3v) is 1.87. The molecule has 0 fully saturated rings. The lowest BCUT2D eigenvalue weighted by molar-refractivity contribution is -0.116. The van der Waals surface area contributed by atoms with E-state index in [-0.39, 0.29) is 0 Å². The molecule has 4 nitrogen and oxygen atoms in total. The third-order valence-electron chi connectivity index (χ3n) is 1.87. The first-order valence-corrected chi connectivity index (χ1v) is 3.69. The van der Waals surface area contributed by atoms with Gasteiger partial charge in [-0.15, -0.1) is 5.11 Å². The van der Waals surface area contributed by atoms with Crippen molar-refractivity contribution in [3.8, 4) is 0 Å². The number of nitrogens with zero attached hydrogens (tertiary/aromatic N) is 2. The highest BCUT2D eigenvalue weighted by Gasteiger charge is 2.42. The number of amides is 1. The zero-order valence-corrected chi connectivity index (χ0v) is 6.67. The molecule has 0 spiro atoms. The molecule has 14 heavy (non-hydrogen) atoms. The minimum absolute atomic E-state index is 0.431. The standard InChI is InChI=1S/C7H4F3N3O/c8-7(9,10)3-1-2-11-5-4(3)6(14)13-12-5/h1-2,5,11H. The van der Waals surface area contributed by atoms with Gasteiger partial charge >= 0.3 is 6.18 Å². The number of alkyl halides is 3. The van der Waals surface area contributed by atoms with Crippen molar-refractivity contribution >= 4 is 5.91 Å². The van der Waals surface area contributed by atoms with Crippen LogP contribution in [0.15, 0.2) is 33.7 Å². The monoisotopic (exact) mass is 203 g/mol. The molecule has 2 aliphatic heterocycles. The Bertz CT molecular complexity index is 380. The fraction of sp³-hybridized carbons (Fsp3) is 0.286. The van der Waals surface area contributed by atoms with E-state index in [1.54, 1.807) is 0 Å². The van der Waals surface area contributed by atoms with Crippen molar-refractivity contribution in [2.24, 2.45) is 10.2 Å². The van der Waals surface area contributed by atoms with E-state index in [2.05, 4.69) is 15.5 Å². The Morgan fingerprint density at radius 3 is 2.79 bits per heavy atom. The summed E-state index contributed by atoms with van der Waals surface area (Å²) in [5.74, 6) is -0.931. The summed E-state index contributed by atoms with van der Waals surface area (Å²) >= 11 is 0. The predicted molar refractivity (Wildman–Crippen MR) is 39.0 cm³/mol. The number of hydrogen-bond donors (Lipinski definition) is 1. The first-order chi connectivity index (χ1) is 6.50. The molecule has 1 N–H and O–H groups in total. The van der Waals surface area contributed by atoms with Gasteiger partial charge in [-0.05, 0) is 12.3 Å². The van der Waals surface area contributed by atoms with Crippen LogP contribution in [0.3, 0.4) is 0 Å². The molecule has 1 atom stereocenters. The number of carbonyl (C=O) groups excluding carboxylic acids is 1. The number of rotatable bonds is 0. The molecule has 0 radical (unpaired) electrons. The van der Waals surface area contributed by atoms with Gasteiger partial charge in [-0.1, -0.05) is 0 Å². The lowest BCUT2D eigenvalue weighted by Crippen LogP contribution is -2.31. The molecule has 0 aromatic heterocycles. The summed E-state index contributed by atoms with van der Waals surface area (Å²) in [4.78, 5) is 11.0. The SMILES string of the molecule is O=C1N=NC2NC=CC(C(F)(F)F)=C12. The average molecular weight is 203 g/mol. The summed E-state index contributed by atoms with van der Waals surface area (Å²) in [5.41, 5.74) is -1.41. The molecule has 7 heteroatoms. The van der Waals surface area contributed by atoms with Crippen LogP contribution in [0, 0.1) is 0 Å². The molecule has 1 amide bonds. The van der Waals surface area contributed by atoms with Crippen molar-refractivity contribution in [2.45, 2.75) is 12.3 Å². The minimum atomic E-state index is -4.54. The van der Waals surface area contributed by atoms with Crippen LogP contribution in [0.2, 0.25) is 0 Å². The Kier molecular flexibility index (Phi) is 1.70. The van der Waals surface area contributed by atoms with E-state index in [9.17, 15) is 18.0 Å². The molecule has 2 aliphatic rings. The molecule has 0 aromatic rings. The van der Waals surface area contributed by atoms with Crippen LogP contribution >= 0.6 is 0 Å². The van der Waals surface area contributed by atoms with Gasteiger partial charge in [0.15, 0.2) is 6.17 Å². The van der Waals surface area contributed by atoms with Crippen LogP contribution in [0.4, 0.5) is 13.2 Å². The van der Waals surface area contributed by atoms with Gasteiger partial charge in [-0.2, -0.15) is 18.3 Å². The van der Waals surface area contributed by atoms with Gasteiger partial charge in [0, 0.05) is 0 Å². The van der Waals surface area contributed by atoms with E-state index in [1.807, 2.05) is 0 Å². The molecule has 0 aromatic carbocycles. The van der Waals surface area contributed by atoms with Crippen LogP contribution in [0.1, 0.15) is 0 Å². The number of carbonyl (C=O) groups is 1. The Labute approximate surface area is 76.2 Å². The smallest absolute Gasteiger partial charge is 0.364 e. The van der Waals surface area contributed by atoms with Crippen molar-refractivity contribution in [3.63, 3.8) is 0 Å². The van der Waals surface area contributed by atoms with E-state index < -0.39 is 29.4 Å². The van der Waals surface area contributed by atoms with Crippen molar-refractivity contribution in [3.05, 3.63) is 23.4 Å². The maximum atomic E-state index is 12.4. The van der Waals surface area contributed by atoms with Crippen molar-refractivity contribution in [1.29, 1.82) is 0 Å². The summed E-state index contributed by atoms with van der Waals surface area (Å²) in [5, 5.41) is 8.92. The van der Waals surface area contributed by atoms with Crippen LogP contribution < -0.4 is 5.32 Å². The van der Waals surface area contributed by atoms with Gasteiger partial charge in [0.25, 0.3) is 5.91 Å². The zero-order chi connectivity index (χ0) is 10.3. The summed E-state index contributed by atoms with van der Waals surface area (Å²) in [6.45, 7) is 0. The molecule has 2 rings (SSSR count). The van der Waals surface area contributed by atoms with Gasteiger partial charge in [0.1, 0.15) is 0 Å². The number of halogens is 3. The fourth-order valence-corrected chi connectivity index (χ4v) is 1.28. The largest absolute Gasteiger partial charge is 0.417 e. The van der Waals surface area contributed by atoms with Crippen molar-refractivity contribution in [2.75, 3.05) is 0 Å². The number of hydrogen-bond acceptors (Lipinski definition) is 3. The van der Waals surface area contributed by atoms with E-state index in [1.165, 1.54) is 0 Å². The second-order valence-electron chi connectivity index (χ2n) is 2.75. The Morgan fingerprint density at radius 1 is 1.43 bits per heavy atom. The first kappa shape index (κ1) is 8.92. The highest BCUT2D eigenvalue weighted by atomic mass is 19.4. The van der Waals surface area contributed by atoms with E-state index in [4.69, 9.17) is 0 Å². The average Bonchev–Trinajstić information content (AvgIpc) is 2.46. The topological polar surface area (TPSA) is 53.8 Å². The van der Waals surface area contributed by atoms with Crippen molar-refractivity contribution < 1.29 is 18.0 Å². The third kappa shape index (κ3) is 1.21. The number of fused-ring (bicyclic) bond motifs is 1. The Hall–Kier alpha value is -1.66. The van der Waals surface area contributed by atoms with Crippen LogP contribution in [0.5, 0.6) is 0 Å². The molecule has 0 aliphatic carbocycles. The number of azo groups is 1. The van der Waals surface area contributed by atoms with Gasteiger partial charge < -0.3 is 5.32 Å². The molecular weight excluding hydrogens is 199 g/mol. The number of nitrogens with one attached hydrogen (secondary N) is 1. The summed E-state index contributed by atoms with van der Waals surface area (Å²) in [7, 11) is 0. The molecule has 74 valence electrons. The fourth-order valence-electron chi connectivity index (χ4n) is 1.28. The lowest BCUT2D eigenvalue weighted by Gasteiger charge is -2.18. The first-order valence-electron chi connectivity index (χ1n) is 3.69. The second-order valence-corrected chi connectivity index (χ2v) is 2.75. The summed E-state index contributed by atoms with van der Waals surface area (Å²) in [6, 6.07) is 0. The molecule has 1 unspecified atom stereocenters. The molecule has 0 saturated carbocycles. The van der Waals surface area contributed by atoms with E-state index in [0.29, 0.717) is 0 Å². The van der Waals surface area contributed by atoms with Crippen LogP contribution in [0.25, 0.3) is 0 Å². The molecule has 0 bridgehead atoms. The summed E-state index contributed by atoms with van der Waals surface area (Å²) in [6.07, 6.45) is -3.62. The van der Waals surface area contributed by atoms with E-state index in [0.717, 1.165) is 12.3 Å². The van der Waals surface area contributed by atoms with Crippen molar-refractivity contribution in [1.82, 2.24) is 5.32 Å². The lowest BCUT2D eigenvalue weighted by atomic mass is 10.0.